The fraction of sp³-hybridized carbons (Fsp3) is 0.333. The van der Waals surface area contributed by atoms with E-state index < -0.39 is 0 Å². The Labute approximate surface area is 66.6 Å². The van der Waals surface area contributed by atoms with E-state index in [0.29, 0.717) is 17.3 Å². The van der Waals surface area contributed by atoms with Gasteiger partial charge in [0.2, 0.25) is 0 Å². The van der Waals surface area contributed by atoms with Gasteiger partial charge in [0, 0.05) is 17.0 Å². The Hall–Kier alpha value is -0.640. The predicted molar refractivity (Wildman–Crippen MR) is 39.6 cm³/mol. The van der Waals surface area contributed by atoms with Gasteiger partial charge in [0.05, 0.1) is 0 Å². The van der Waals surface area contributed by atoms with Crippen molar-refractivity contribution in [3.63, 3.8) is 0 Å². The summed E-state index contributed by atoms with van der Waals surface area (Å²) in [7, 11) is 0. The first-order chi connectivity index (χ1) is 4.74. The van der Waals surface area contributed by atoms with Gasteiger partial charge in [-0.15, -0.1) is 0 Å². The second-order valence-corrected chi connectivity index (χ2v) is 2.72. The Kier molecular flexibility index (Phi) is 2.21. The Morgan fingerprint density at radius 3 is 2.60 bits per heavy atom. The van der Waals surface area contributed by atoms with Crippen LogP contribution in [0.4, 0.5) is 0 Å². The average Bonchev–Trinajstić information content (AvgIpc) is 2.13. The summed E-state index contributed by atoms with van der Waals surface area (Å²) in [6, 6.07) is 0. The standard InChI is InChI=1S/C6H6BrNO2/c7-2-1-4-3-5(9)8-6(4)10/h3H,1-2H2,(H,8,9,10). The molecule has 0 spiro atoms. The van der Waals surface area contributed by atoms with Gasteiger partial charge in [-0.3, -0.25) is 14.9 Å². The lowest BCUT2D eigenvalue weighted by Crippen LogP contribution is -2.22. The zero-order chi connectivity index (χ0) is 7.56. The first-order valence-electron chi connectivity index (χ1n) is 2.86. The van der Waals surface area contributed by atoms with Crippen molar-refractivity contribution in [2.24, 2.45) is 0 Å². The van der Waals surface area contributed by atoms with E-state index in [1.807, 2.05) is 0 Å². The van der Waals surface area contributed by atoms with E-state index in [1.54, 1.807) is 0 Å². The van der Waals surface area contributed by atoms with Crippen molar-refractivity contribution in [1.82, 2.24) is 5.32 Å². The van der Waals surface area contributed by atoms with Crippen molar-refractivity contribution < 1.29 is 9.59 Å². The molecule has 0 saturated carbocycles. The van der Waals surface area contributed by atoms with E-state index in [-0.39, 0.29) is 11.8 Å². The fourth-order valence-electron chi connectivity index (χ4n) is 0.740. The molecule has 0 aromatic heterocycles. The third kappa shape index (κ3) is 1.44. The molecule has 3 nitrogen and oxygen atoms in total. The molecule has 4 heteroatoms. The van der Waals surface area contributed by atoms with E-state index in [0.717, 1.165) is 0 Å². The molecule has 1 aliphatic heterocycles. The van der Waals surface area contributed by atoms with Crippen LogP contribution < -0.4 is 5.32 Å². The zero-order valence-electron chi connectivity index (χ0n) is 5.19. The van der Waals surface area contributed by atoms with E-state index in [2.05, 4.69) is 21.2 Å². The predicted octanol–water partition coefficient (Wildman–Crippen LogP) is 0.354. The smallest absolute Gasteiger partial charge is 0.254 e. The highest BCUT2D eigenvalue weighted by Gasteiger charge is 2.18. The fourth-order valence-corrected chi connectivity index (χ4v) is 1.17. The molecule has 0 aliphatic carbocycles. The van der Waals surface area contributed by atoms with Gasteiger partial charge in [-0.05, 0) is 6.42 Å². The highest BCUT2D eigenvalue weighted by Crippen LogP contribution is 2.08. The van der Waals surface area contributed by atoms with Crippen LogP contribution in [0.2, 0.25) is 0 Å². The SMILES string of the molecule is O=C1C=C(CCBr)C(=O)N1. The lowest BCUT2D eigenvalue weighted by atomic mass is 10.2. The third-order valence-electron chi connectivity index (χ3n) is 1.20. The summed E-state index contributed by atoms with van der Waals surface area (Å²) in [5, 5.41) is 2.87. The number of carbonyl (C=O) groups is 2. The summed E-state index contributed by atoms with van der Waals surface area (Å²) < 4.78 is 0. The van der Waals surface area contributed by atoms with Crippen LogP contribution in [-0.2, 0) is 9.59 Å². The van der Waals surface area contributed by atoms with Gasteiger partial charge < -0.3 is 0 Å². The molecular weight excluding hydrogens is 198 g/mol. The van der Waals surface area contributed by atoms with Crippen molar-refractivity contribution in [3.8, 4) is 0 Å². The van der Waals surface area contributed by atoms with Gasteiger partial charge in [-0.1, -0.05) is 15.9 Å². The maximum atomic E-state index is 10.8. The summed E-state index contributed by atoms with van der Waals surface area (Å²) in [6.07, 6.45) is 1.95. The van der Waals surface area contributed by atoms with Crippen LogP contribution in [0.25, 0.3) is 0 Å². The van der Waals surface area contributed by atoms with Crippen molar-refractivity contribution in [2.45, 2.75) is 6.42 Å². The molecule has 0 unspecified atom stereocenters. The molecular formula is C6H6BrNO2. The monoisotopic (exact) mass is 203 g/mol. The molecule has 0 aromatic rings. The lowest BCUT2D eigenvalue weighted by Gasteiger charge is -1.92. The number of amides is 2. The summed E-state index contributed by atoms with van der Waals surface area (Å²) in [6.45, 7) is 0. The molecule has 0 radical (unpaired) electrons. The molecule has 54 valence electrons. The topological polar surface area (TPSA) is 46.2 Å². The number of hydrogen-bond donors (Lipinski definition) is 1. The number of alkyl halides is 1. The summed E-state index contributed by atoms with van der Waals surface area (Å²) in [4.78, 5) is 21.3. The summed E-state index contributed by atoms with van der Waals surface area (Å²) in [5.74, 6) is -0.564. The molecule has 0 atom stereocenters. The highest BCUT2D eigenvalue weighted by atomic mass is 79.9. The van der Waals surface area contributed by atoms with Crippen molar-refractivity contribution in [2.75, 3.05) is 5.33 Å². The zero-order valence-corrected chi connectivity index (χ0v) is 6.77. The van der Waals surface area contributed by atoms with Crippen molar-refractivity contribution in [3.05, 3.63) is 11.6 Å². The Morgan fingerprint density at radius 2 is 2.20 bits per heavy atom. The van der Waals surface area contributed by atoms with Gasteiger partial charge >= 0.3 is 0 Å². The van der Waals surface area contributed by atoms with Crippen molar-refractivity contribution >= 4 is 27.7 Å². The first-order valence-corrected chi connectivity index (χ1v) is 3.98. The minimum atomic E-state index is -0.305. The third-order valence-corrected chi connectivity index (χ3v) is 1.59. The quantitative estimate of drug-likeness (QED) is 0.521. The van der Waals surface area contributed by atoms with Crippen LogP contribution >= 0.6 is 15.9 Å². The molecule has 10 heavy (non-hydrogen) atoms. The van der Waals surface area contributed by atoms with Crippen LogP contribution in [0, 0.1) is 0 Å². The number of halogens is 1. The van der Waals surface area contributed by atoms with Gasteiger partial charge in [-0.25, -0.2) is 0 Å². The first kappa shape index (κ1) is 7.47. The van der Waals surface area contributed by atoms with Gasteiger partial charge in [0.15, 0.2) is 0 Å². The van der Waals surface area contributed by atoms with Gasteiger partial charge in [0.1, 0.15) is 0 Å². The molecule has 0 aromatic carbocycles. The normalized spacial score (nSPS) is 17.1. The number of carbonyl (C=O) groups excluding carboxylic acids is 2. The van der Waals surface area contributed by atoms with Crippen LogP contribution in [-0.4, -0.2) is 17.1 Å². The molecule has 0 saturated heterocycles. The number of nitrogens with one attached hydrogen (secondary N) is 1. The highest BCUT2D eigenvalue weighted by molar-refractivity contribution is 9.09. The molecule has 0 fully saturated rings. The lowest BCUT2D eigenvalue weighted by molar-refractivity contribution is -0.123. The molecule has 2 amide bonds. The minimum absolute atomic E-state index is 0.260. The Morgan fingerprint density at radius 1 is 1.50 bits per heavy atom. The maximum absolute atomic E-state index is 10.8. The average molecular weight is 204 g/mol. The van der Waals surface area contributed by atoms with E-state index >= 15 is 0 Å². The largest absolute Gasteiger partial charge is 0.289 e. The maximum Gasteiger partial charge on any atom is 0.254 e. The minimum Gasteiger partial charge on any atom is -0.289 e. The van der Waals surface area contributed by atoms with Crippen LogP contribution in [0.15, 0.2) is 11.6 Å². The van der Waals surface area contributed by atoms with Gasteiger partial charge in [0.25, 0.3) is 11.8 Å². The molecule has 1 N–H and O–H groups in total. The van der Waals surface area contributed by atoms with Crippen LogP contribution in [0.5, 0.6) is 0 Å². The van der Waals surface area contributed by atoms with Crippen LogP contribution in [0.1, 0.15) is 6.42 Å². The Balaban J connectivity index is 2.65. The van der Waals surface area contributed by atoms with E-state index in [4.69, 9.17) is 0 Å². The van der Waals surface area contributed by atoms with Crippen molar-refractivity contribution in [1.29, 1.82) is 0 Å². The molecule has 1 heterocycles. The van der Waals surface area contributed by atoms with Gasteiger partial charge in [-0.2, -0.15) is 0 Å². The second kappa shape index (κ2) is 2.96. The number of imide groups is 1. The van der Waals surface area contributed by atoms with E-state index in [1.165, 1.54) is 6.08 Å². The Bertz CT molecular complexity index is 210. The number of hydrogen-bond acceptors (Lipinski definition) is 2. The molecule has 1 aliphatic rings. The molecule has 0 bridgehead atoms. The summed E-state index contributed by atoms with van der Waals surface area (Å²) in [5.41, 5.74) is 0.557. The van der Waals surface area contributed by atoms with E-state index in [9.17, 15) is 9.59 Å². The number of rotatable bonds is 2. The summed E-state index contributed by atoms with van der Waals surface area (Å²) >= 11 is 3.17. The van der Waals surface area contributed by atoms with Crippen LogP contribution in [0.3, 0.4) is 0 Å². The molecule has 1 rings (SSSR count). The second-order valence-electron chi connectivity index (χ2n) is 1.93.